The monoisotopic (exact) mass is 329 g/mol. The number of carboxylic acids is 1. The number of aromatic carboxylic acids is 1. The second-order valence-electron chi connectivity index (χ2n) is 4.67. The van der Waals surface area contributed by atoms with Crippen LogP contribution in [0.4, 0.5) is 0 Å². The Kier molecular flexibility index (Phi) is 6.48. The average molecular weight is 330 g/mol. The third-order valence-electron chi connectivity index (χ3n) is 2.99. The van der Waals surface area contributed by atoms with Gasteiger partial charge in [-0.15, -0.1) is 0 Å². The molecular weight excluding hydrogens is 310 g/mol. The molecule has 0 atom stereocenters. The third-order valence-corrected chi connectivity index (χ3v) is 3.72. The van der Waals surface area contributed by atoms with Crippen molar-refractivity contribution in [1.82, 2.24) is 4.90 Å². The Morgan fingerprint density at radius 2 is 2.16 bits per heavy atom. The van der Waals surface area contributed by atoms with Crippen LogP contribution in [0.3, 0.4) is 0 Å². The van der Waals surface area contributed by atoms with Crippen LogP contribution in [0.2, 0.25) is 0 Å². The van der Waals surface area contributed by atoms with Crippen LogP contribution in [0.5, 0.6) is 0 Å². The molecule has 106 valence electrons. The molecule has 0 unspecified atom stereocenters. The number of methoxy groups -OCH3 is 1. The lowest BCUT2D eigenvalue weighted by atomic mass is 10.1. The number of nitrogens with zero attached hydrogens (tertiary/aromatic N) is 1. The Labute approximate surface area is 122 Å². The molecule has 0 aliphatic carbocycles. The number of carboxylic acid groups (broad SMARTS) is 1. The highest BCUT2D eigenvalue weighted by Crippen LogP contribution is 2.21. The second kappa shape index (κ2) is 7.62. The quantitative estimate of drug-likeness (QED) is 0.835. The Hall–Kier alpha value is -0.910. The fourth-order valence-electron chi connectivity index (χ4n) is 1.76. The first-order chi connectivity index (χ1) is 8.95. The zero-order valence-electron chi connectivity index (χ0n) is 11.5. The number of rotatable bonds is 7. The number of ether oxygens (including phenoxy) is 1. The van der Waals surface area contributed by atoms with Gasteiger partial charge in [0.2, 0.25) is 0 Å². The number of hydrogen-bond acceptors (Lipinski definition) is 3. The predicted molar refractivity (Wildman–Crippen MR) is 78.5 cm³/mol. The molecule has 0 bridgehead atoms. The molecule has 0 saturated carbocycles. The molecule has 5 heteroatoms. The summed E-state index contributed by atoms with van der Waals surface area (Å²) in [6.07, 6.45) is 0. The maximum atomic E-state index is 10.9. The summed E-state index contributed by atoms with van der Waals surface area (Å²) in [5, 5.41) is 8.94. The Morgan fingerprint density at radius 1 is 1.47 bits per heavy atom. The lowest BCUT2D eigenvalue weighted by Gasteiger charge is -2.26. The topological polar surface area (TPSA) is 49.8 Å². The highest BCUT2D eigenvalue weighted by Gasteiger charge is 2.13. The molecule has 0 fully saturated rings. The van der Waals surface area contributed by atoms with E-state index in [1.54, 1.807) is 19.2 Å². The Balaban J connectivity index is 2.81. The van der Waals surface area contributed by atoms with Crippen molar-refractivity contribution in [3.63, 3.8) is 0 Å². The Morgan fingerprint density at radius 3 is 2.63 bits per heavy atom. The van der Waals surface area contributed by atoms with Gasteiger partial charge in [0.25, 0.3) is 0 Å². The maximum Gasteiger partial charge on any atom is 0.335 e. The fraction of sp³-hybridized carbons (Fsp3) is 0.500. The van der Waals surface area contributed by atoms with E-state index in [4.69, 9.17) is 9.84 Å². The molecule has 0 heterocycles. The van der Waals surface area contributed by atoms with Crippen molar-refractivity contribution in [2.45, 2.75) is 26.4 Å². The van der Waals surface area contributed by atoms with Crippen LogP contribution in [0.25, 0.3) is 0 Å². The molecular formula is C14H20BrNO3. The minimum atomic E-state index is -0.910. The van der Waals surface area contributed by atoms with E-state index in [0.717, 1.165) is 23.1 Å². The summed E-state index contributed by atoms with van der Waals surface area (Å²) in [5.41, 5.74) is 1.37. The minimum absolute atomic E-state index is 0.295. The van der Waals surface area contributed by atoms with E-state index < -0.39 is 5.97 Å². The van der Waals surface area contributed by atoms with E-state index in [9.17, 15) is 4.79 Å². The van der Waals surface area contributed by atoms with E-state index in [-0.39, 0.29) is 0 Å². The minimum Gasteiger partial charge on any atom is -0.478 e. The molecule has 0 aliphatic rings. The van der Waals surface area contributed by atoms with Crippen LogP contribution in [0.15, 0.2) is 22.7 Å². The molecule has 0 aliphatic heterocycles. The summed E-state index contributed by atoms with van der Waals surface area (Å²) in [6.45, 7) is 6.57. The fourth-order valence-corrected chi connectivity index (χ4v) is 2.26. The smallest absolute Gasteiger partial charge is 0.335 e. The summed E-state index contributed by atoms with van der Waals surface area (Å²) < 4.78 is 5.94. The number of halogens is 1. The molecule has 4 nitrogen and oxygen atoms in total. The predicted octanol–water partition coefficient (Wildman–Crippen LogP) is 3.00. The SMILES string of the molecule is COCCN(Cc1ccc(C(=O)O)cc1Br)C(C)C. The maximum absolute atomic E-state index is 10.9. The summed E-state index contributed by atoms with van der Waals surface area (Å²) in [4.78, 5) is 13.2. The molecule has 1 aromatic rings. The summed E-state index contributed by atoms with van der Waals surface area (Å²) in [5.74, 6) is -0.910. The van der Waals surface area contributed by atoms with Crippen LogP contribution in [-0.4, -0.2) is 42.3 Å². The van der Waals surface area contributed by atoms with Gasteiger partial charge < -0.3 is 9.84 Å². The van der Waals surface area contributed by atoms with Gasteiger partial charge in [-0.05, 0) is 31.5 Å². The van der Waals surface area contributed by atoms with Crippen LogP contribution in [-0.2, 0) is 11.3 Å². The van der Waals surface area contributed by atoms with E-state index >= 15 is 0 Å². The Bertz CT molecular complexity index is 435. The van der Waals surface area contributed by atoms with Gasteiger partial charge >= 0.3 is 5.97 Å². The molecule has 0 spiro atoms. The summed E-state index contributed by atoms with van der Waals surface area (Å²) in [6, 6.07) is 5.54. The molecule has 1 aromatic carbocycles. The number of benzene rings is 1. The summed E-state index contributed by atoms with van der Waals surface area (Å²) in [7, 11) is 1.69. The first-order valence-corrected chi connectivity index (χ1v) is 6.99. The van der Waals surface area contributed by atoms with Gasteiger partial charge in [0, 0.05) is 30.7 Å². The largest absolute Gasteiger partial charge is 0.478 e. The van der Waals surface area contributed by atoms with Crippen molar-refractivity contribution in [3.05, 3.63) is 33.8 Å². The molecule has 0 amide bonds. The molecule has 0 saturated heterocycles. The van der Waals surface area contributed by atoms with Gasteiger partial charge in [-0.1, -0.05) is 22.0 Å². The first-order valence-electron chi connectivity index (χ1n) is 6.20. The van der Waals surface area contributed by atoms with Crippen LogP contribution >= 0.6 is 15.9 Å². The normalized spacial score (nSPS) is 11.3. The van der Waals surface area contributed by atoms with E-state index in [1.165, 1.54) is 0 Å². The van der Waals surface area contributed by atoms with Crippen LogP contribution < -0.4 is 0 Å². The van der Waals surface area contributed by atoms with Gasteiger partial charge in [0.1, 0.15) is 0 Å². The number of carbonyl (C=O) groups is 1. The summed E-state index contributed by atoms with van der Waals surface area (Å²) >= 11 is 3.44. The van der Waals surface area contributed by atoms with E-state index in [1.807, 2.05) is 6.07 Å². The average Bonchev–Trinajstić information content (AvgIpc) is 2.35. The molecule has 0 aromatic heterocycles. The third kappa shape index (κ3) is 4.93. The molecule has 0 radical (unpaired) electrons. The molecule has 19 heavy (non-hydrogen) atoms. The van der Waals surface area contributed by atoms with Gasteiger partial charge in [0.05, 0.1) is 12.2 Å². The van der Waals surface area contributed by atoms with Crippen molar-refractivity contribution in [1.29, 1.82) is 0 Å². The van der Waals surface area contributed by atoms with Crippen molar-refractivity contribution in [2.24, 2.45) is 0 Å². The molecule has 1 N–H and O–H groups in total. The van der Waals surface area contributed by atoms with Crippen molar-refractivity contribution >= 4 is 21.9 Å². The highest BCUT2D eigenvalue weighted by atomic mass is 79.9. The lowest BCUT2D eigenvalue weighted by Crippen LogP contribution is -2.33. The lowest BCUT2D eigenvalue weighted by molar-refractivity contribution is 0.0696. The van der Waals surface area contributed by atoms with Gasteiger partial charge in [-0.25, -0.2) is 4.79 Å². The van der Waals surface area contributed by atoms with Gasteiger partial charge in [-0.3, -0.25) is 4.90 Å². The molecule has 1 rings (SSSR count). The van der Waals surface area contributed by atoms with Crippen LogP contribution in [0.1, 0.15) is 29.8 Å². The van der Waals surface area contributed by atoms with Gasteiger partial charge in [-0.2, -0.15) is 0 Å². The first kappa shape index (κ1) is 16.1. The van der Waals surface area contributed by atoms with Crippen molar-refractivity contribution in [3.8, 4) is 0 Å². The van der Waals surface area contributed by atoms with E-state index in [2.05, 4.69) is 34.7 Å². The zero-order chi connectivity index (χ0) is 14.4. The van der Waals surface area contributed by atoms with Crippen LogP contribution in [0, 0.1) is 0 Å². The van der Waals surface area contributed by atoms with Crippen molar-refractivity contribution < 1.29 is 14.6 Å². The van der Waals surface area contributed by atoms with E-state index in [0.29, 0.717) is 18.2 Å². The second-order valence-corrected chi connectivity index (χ2v) is 5.52. The van der Waals surface area contributed by atoms with Gasteiger partial charge in [0.15, 0.2) is 0 Å². The zero-order valence-corrected chi connectivity index (χ0v) is 13.1. The number of hydrogen-bond donors (Lipinski definition) is 1. The van der Waals surface area contributed by atoms with Crippen molar-refractivity contribution in [2.75, 3.05) is 20.3 Å². The standard InChI is InChI=1S/C14H20BrNO3/c1-10(2)16(6-7-19-3)9-12-5-4-11(14(17)18)8-13(12)15/h4-5,8,10H,6-7,9H2,1-3H3,(H,17,18). The highest BCUT2D eigenvalue weighted by molar-refractivity contribution is 9.10.